The lowest BCUT2D eigenvalue weighted by Crippen LogP contribution is -2.29. The Hall–Kier alpha value is -4.52. The second-order valence-corrected chi connectivity index (χ2v) is 32.5. The molecule has 0 aromatic heterocycles. The van der Waals surface area contributed by atoms with E-state index in [1.165, 1.54) is 12.1 Å². The zero-order valence-corrected chi connectivity index (χ0v) is 79.4. The molecule has 0 spiro atoms. The number of carbonyl (C=O) groups is 2. The Labute approximate surface area is 776 Å². The van der Waals surface area contributed by atoms with Crippen molar-refractivity contribution in [3.05, 3.63) is 83.6 Å². The van der Waals surface area contributed by atoms with Crippen molar-refractivity contribution < 1.29 is 175 Å². The van der Waals surface area contributed by atoms with Gasteiger partial charge in [0.25, 0.3) is 10.1 Å². The van der Waals surface area contributed by atoms with E-state index in [0.717, 1.165) is 70.2 Å². The van der Waals surface area contributed by atoms with E-state index in [1.54, 1.807) is 13.2 Å². The molecule has 1 unspecified atom stereocenters. The Morgan fingerprint density at radius 1 is 0.431 bits per heavy atom. The van der Waals surface area contributed by atoms with Crippen molar-refractivity contribution in [3.8, 4) is 0 Å². The molecule has 2 heterocycles. The fraction of sp³-hybridized carbons (Fsp3) is 0.761. The van der Waals surface area contributed by atoms with Gasteiger partial charge in [-0.3, -0.25) is 14.1 Å². The molecule has 130 heavy (non-hydrogen) atoms. The van der Waals surface area contributed by atoms with Crippen LogP contribution < -0.4 is 10.2 Å². The minimum Gasteiger partial charge on any atom is -0.481 e. The van der Waals surface area contributed by atoms with Crippen LogP contribution in [-0.4, -0.2) is 394 Å². The summed E-state index contributed by atoms with van der Waals surface area (Å²) >= 11 is 1.82. The topological polar surface area (TPSA) is 426 Å². The van der Waals surface area contributed by atoms with Crippen molar-refractivity contribution in [2.75, 3.05) is 348 Å². The second-order valence-electron chi connectivity index (χ2n) is 29.5. The fourth-order valence-electron chi connectivity index (χ4n) is 13.0. The van der Waals surface area contributed by atoms with E-state index in [4.69, 9.17) is 129 Å². The van der Waals surface area contributed by atoms with Crippen molar-refractivity contribution in [3.63, 3.8) is 0 Å². The number of benzene rings is 2. The van der Waals surface area contributed by atoms with Gasteiger partial charge in [-0.2, -0.15) is 13.0 Å². The van der Waals surface area contributed by atoms with Crippen molar-refractivity contribution in [1.82, 2.24) is 5.32 Å². The standard InChI is InChI=1S/C88H149N3O36S3/c1-87(2)79-75-77(129-127-125-96)19-21-81(79)90(83(87)15-8-5-9-16-84-88(3,23-12-6-11-18-86(93)94)80-76-78(130(97,98)99)20-22-82(80)91(84)26-14-74-128-126-124-95)25-13-7-10-17-85(92)89-24-27-101-30-31-103-34-35-105-38-39-107-42-43-109-46-47-111-50-51-113-54-55-115-58-59-117-62-63-119-66-67-121-70-71-123-73-72-122-69-68-120-65-64-118-61-60-116-57-56-114-53-52-112-49-48-110-45-44-108-41-40-106-37-36-104-33-32-102-29-28-100-4/h5,8-9,15-16,19-22,75-76H,6-7,10-14,17-18,23-74H2,1-4H3,(H4-,89,92,93,94,95,96,97,98,99)/p+1. The molecule has 42 heteroatoms. The number of fused-ring (bicyclic) bond motifs is 2. The second kappa shape index (κ2) is 81.6. The molecule has 2 aromatic rings. The van der Waals surface area contributed by atoms with Crippen molar-refractivity contribution in [2.45, 2.75) is 106 Å². The van der Waals surface area contributed by atoms with Crippen LogP contribution in [0.3, 0.4) is 0 Å². The number of nitrogens with one attached hydrogen (secondary N) is 1. The highest BCUT2D eigenvalue weighted by atomic mass is 32.2. The van der Waals surface area contributed by atoms with Gasteiger partial charge in [0.2, 0.25) is 11.6 Å². The summed E-state index contributed by atoms with van der Waals surface area (Å²) in [5.74, 6) is -0.463. The van der Waals surface area contributed by atoms with Gasteiger partial charge in [0.15, 0.2) is 5.71 Å². The van der Waals surface area contributed by atoms with Crippen LogP contribution in [0, 0.1) is 0 Å². The van der Waals surface area contributed by atoms with Crippen LogP contribution in [0.1, 0.15) is 96.1 Å². The number of carboxylic acid groups (broad SMARTS) is 1. The lowest BCUT2D eigenvalue weighted by Gasteiger charge is -2.30. The molecule has 0 aliphatic carbocycles. The summed E-state index contributed by atoms with van der Waals surface area (Å²) in [6.07, 6.45) is 15.5. The molecular weight excluding hydrogens is 1770 g/mol. The predicted octanol–water partition coefficient (Wildman–Crippen LogP) is 8.71. The van der Waals surface area contributed by atoms with E-state index in [2.05, 4.69) is 49.1 Å². The Kier molecular flexibility index (Phi) is 74.0. The molecule has 2 aliphatic rings. The number of carboxylic acids is 1. The van der Waals surface area contributed by atoms with Gasteiger partial charge in [-0.25, -0.2) is 10.5 Å². The Morgan fingerprint density at radius 3 is 1.18 bits per heavy atom. The third-order valence-corrected chi connectivity index (χ3v) is 21.5. The highest BCUT2D eigenvalue weighted by Crippen LogP contribution is 2.52. The summed E-state index contributed by atoms with van der Waals surface area (Å²) in [5.41, 5.74) is 4.25. The number of hydrogen-bond acceptors (Lipinski definition) is 37. The average molecular weight is 1920 g/mol. The largest absolute Gasteiger partial charge is 0.481 e. The number of carbonyl (C=O) groups excluding carboxylic acids is 1. The molecule has 0 bridgehead atoms. The van der Waals surface area contributed by atoms with Gasteiger partial charge >= 0.3 is 5.97 Å². The summed E-state index contributed by atoms with van der Waals surface area (Å²) in [7, 11) is -2.89. The number of ether oxygens (including phenoxy) is 24. The molecule has 4 rings (SSSR count). The zero-order valence-electron chi connectivity index (χ0n) is 77.0. The first-order valence-electron chi connectivity index (χ1n) is 44.9. The third kappa shape index (κ3) is 58.8. The van der Waals surface area contributed by atoms with Gasteiger partial charge < -0.3 is 129 Å². The van der Waals surface area contributed by atoms with Crippen LogP contribution in [0.25, 0.3) is 0 Å². The van der Waals surface area contributed by atoms with Crippen molar-refractivity contribution >= 4 is 63.2 Å². The molecule has 39 nitrogen and oxygen atoms in total. The Morgan fingerprint density at radius 2 is 0.808 bits per heavy atom. The number of amides is 1. The van der Waals surface area contributed by atoms with Gasteiger partial charge in [-0.1, -0.05) is 41.1 Å². The lowest BCUT2D eigenvalue weighted by molar-refractivity contribution is -0.438. The number of methoxy groups -OCH3 is 1. The number of anilines is 1. The average Bonchev–Trinajstić information content (AvgIpc) is 1.58. The Bertz CT molecular complexity index is 3340. The lowest BCUT2D eigenvalue weighted by atomic mass is 9.77. The number of rotatable bonds is 97. The quantitative estimate of drug-likeness (QED) is 0.00785. The molecule has 0 saturated carbocycles. The zero-order chi connectivity index (χ0) is 93.3. The SMILES string of the molecule is COCCOCCOCCOCCOCCOCCOCCOCCOCCOCCOCCOCCOCCOCCOCCOCCOCCOCCOCCOCCOCCOCCOCCOCCNC(=O)CCCCC[N+]1=C(C=CC=CC=C2N(CCCSOOO)c3ccc(S(=O)(=O)O)cc3C2(C)CCCCCC(=O)O)C(C)(C)c2cc(SOOO)ccc21. The summed E-state index contributed by atoms with van der Waals surface area (Å²) < 4.78 is 179. The first kappa shape index (κ1) is 118. The van der Waals surface area contributed by atoms with Crippen LogP contribution >= 0.6 is 24.1 Å². The summed E-state index contributed by atoms with van der Waals surface area (Å²) in [6.45, 7) is 29.9. The predicted molar refractivity (Wildman–Crippen MR) is 482 cm³/mol. The van der Waals surface area contributed by atoms with Crippen LogP contribution in [-0.2, 0) is 163 Å². The molecule has 2 aromatic carbocycles. The third-order valence-electron chi connectivity index (χ3n) is 19.5. The summed E-state index contributed by atoms with van der Waals surface area (Å²) in [4.78, 5) is 26.8. The smallest absolute Gasteiger partial charge is 0.303 e. The van der Waals surface area contributed by atoms with E-state index < -0.39 is 26.9 Å². The number of unbranched alkanes of at least 4 members (excludes halogenated alkanes) is 4. The maximum absolute atomic E-state index is 12.8. The Balaban J connectivity index is 0.859. The minimum atomic E-state index is -4.54. The summed E-state index contributed by atoms with van der Waals surface area (Å²) in [5, 5.41) is 37.5. The summed E-state index contributed by atoms with van der Waals surface area (Å²) in [6, 6.07) is 10.5. The van der Waals surface area contributed by atoms with Crippen LogP contribution in [0.4, 0.5) is 11.4 Å². The van der Waals surface area contributed by atoms with Crippen LogP contribution in [0.2, 0.25) is 0 Å². The normalized spacial score (nSPS) is 14.8. The first-order chi connectivity index (χ1) is 63.7. The molecule has 0 fully saturated rings. The van der Waals surface area contributed by atoms with Gasteiger partial charge in [0.05, 0.1) is 333 Å². The molecule has 1 atom stereocenters. The minimum absolute atomic E-state index is 0.0386. The monoisotopic (exact) mass is 1920 g/mol. The molecule has 0 radical (unpaired) electrons. The van der Waals surface area contributed by atoms with E-state index in [-0.39, 0.29) is 17.2 Å². The van der Waals surface area contributed by atoms with Gasteiger partial charge in [-0.05, 0) is 94.8 Å². The maximum atomic E-state index is 12.8. The molecule has 1 amide bonds. The number of hydrogen-bond donors (Lipinski definition) is 5. The molecule has 0 saturated heterocycles. The molecule has 2 aliphatic heterocycles. The van der Waals surface area contributed by atoms with Crippen LogP contribution in [0.5, 0.6) is 0 Å². The van der Waals surface area contributed by atoms with E-state index in [0.29, 0.717) is 386 Å². The molecular formula is C88H150N3O36S3+. The highest BCUT2D eigenvalue weighted by Gasteiger charge is 2.45. The molecule has 750 valence electrons. The maximum Gasteiger partial charge on any atom is 0.303 e. The van der Waals surface area contributed by atoms with Crippen LogP contribution in [0.15, 0.2) is 82.3 Å². The van der Waals surface area contributed by atoms with E-state index in [1.807, 2.05) is 49.4 Å². The highest BCUT2D eigenvalue weighted by molar-refractivity contribution is 7.94. The number of aliphatic carboxylic acids is 1. The van der Waals surface area contributed by atoms with Gasteiger partial charge in [0, 0.05) is 96.7 Å². The first-order valence-corrected chi connectivity index (χ1v) is 48.0. The van der Waals surface area contributed by atoms with Crippen molar-refractivity contribution in [2.24, 2.45) is 0 Å². The molecule has 5 N–H and O–H groups in total. The van der Waals surface area contributed by atoms with E-state index >= 15 is 0 Å². The van der Waals surface area contributed by atoms with Crippen molar-refractivity contribution in [1.29, 1.82) is 0 Å². The fourth-order valence-corrected chi connectivity index (χ4v) is 14.3. The number of nitrogens with zero attached hydrogens (tertiary/aromatic N) is 2. The van der Waals surface area contributed by atoms with Gasteiger partial charge in [-0.15, -0.1) is 8.67 Å². The van der Waals surface area contributed by atoms with Gasteiger partial charge in [0.1, 0.15) is 6.54 Å². The van der Waals surface area contributed by atoms with E-state index in [9.17, 15) is 27.7 Å². The number of allylic oxidation sites excluding steroid dienone is 6.